The van der Waals surface area contributed by atoms with Crippen LogP contribution in [-0.4, -0.2) is 49.3 Å². The molecule has 1 aromatic carbocycles. The standard InChI is InChI=1S/C25H37FN2O4/c1-15(23(30)27-12-13-32-4)19-8-10-25(3)11-9-20(16(2)21(25)22(19)29)28-24(31)17-6-5-7-18(26)14-17/h5-7,14-16,19-22,29H,8-13H2,1-4H3,(H,27,30)(H,28,31). The summed E-state index contributed by atoms with van der Waals surface area (Å²) in [4.78, 5) is 25.3. The van der Waals surface area contributed by atoms with Gasteiger partial charge in [-0.25, -0.2) is 4.39 Å². The molecule has 7 heteroatoms. The molecule has 2 aliphatic rings. The van der Waals surface area contributed by atoms with Gasteiger partial charge in [0, 0.05) is 31.2 Å². The molecule has 0 saturated heterocycles. The Morgan fingerprint density at radius 2 is 2.03 bits per heavy atom. The monoisotopic (exact) mass is 448 g/mol. The summed E-state index contributed by atoms with van der Waals surface area (Å²) in [5, 5.41) is 17.4. The third-order valence-electron chi connectivity index (χ3n) is 7.95. The number of aliphatic hydroxyl groups excluding tert-OH is 1. The lowest BCUT2D eigenvalue weighted by atomic mass is 9.51. The quantitative estimate of drug-likeness (QED) is 0.559. The number of carbonyl (C=O) groups is 2. The second kappa shape index (κ2) is 10.3. The topological polar surface area (TPSA) is 87.7 Å². The Hall–Kier alpha value is -1.99. The van der Waals surface area contributed by atoms with Crippen LogP contribution in [0.25, 0.3) is 0 Å². The van der Waals surface area contributed by atoms with Crippen LogP contribution in [0, 0.1) is 34.9 Å². The number of ether oxygens (including phenoxy) is 1. The van der Waals surface area contributed by atoms with Crippen LogP contribution in [0.1, 0.15) is 56.8 Å². The van der Waals surface area contributed by atoms with Gasteiger partial charge in [0.2, 0.25) is 5.91 Å². The molecule has 0 bridgehead atoms. The fourth-order valence-electron chi connectivity index (χ4n) is 6.01. The van der Waals surface area contributed by atoms with Gasteiger partial charge in [-0.3, -0.25) is 9.59 Å². The zero-order valence-electron chi connectivity index (χ0n) is 19.6. The second-order valence-electron chi connectivity index (χ2n) is 9.93. The van der Waals surface area contributed by atoms with E-state index < -0.39 is 11.9 Å². The Labute approximate surface area is 190 Å². The van der Waals surface area contributed by atoms with Crippen molar-refractivity contribution in [1.82, 2.24) is 10.6 Å². The second-order valence-corrected chi connectivity index (χ2v) is 9.93. The summed E-state index contributed by atoms with van der Waals surface area (Å²) in [6.07, 6.45) is 2.85. The van der Waals surface area contributed by atoms with Crippen LogP contribution in [-0.2, 0) is 9.53 Å². The highest BCUT2D eigenvalue weighted by Gasteiger charge is 2.53. The molecule has 2 aliphatic carbocycles. The first-order valence-electron chi connectivity index (χ1n) is 11.7. The van der Waals surface area contributed by atoms with Crippen LogP contribution in [0.3, 0.4) is 0 Å². The lowest BCUT2D eigenvalue weighted by Gasteiger charge is -2.56. The number of carbonyl (C=O) groups excluding carboxylic acids is 2. The van der Waals surface area contributed by atoms with Crippen molar-refractivity contribution in [1.29, 1.82) is 0 Å². The number of benzene rings is 1. The van der Waals surface area contributed by atoms with Gasteiger partial charge in [0.15, 0.2) is 0 Å². The van der Waals surface area contributed by atoms with E-state index in [4.69, 9.17) is 4.74 Å². The van der Waals surface area contributed by atoms with Gasteiger partial charge in [0.25, 0.3) is 5.91 Å². The molecule has 1 aromatic rings. The number of hydrogen-bond acceptors (Lipinski definition) is 4. The normalized spacial score (nSPS) is 33.1. The van der Waals surface area contributed by atoms with Crippen LogP contribution in [0.2, 0.25) is 0 Å². The van der Waals surface area contributed by atoms with E-state index in [0.29, 0.717) is 18.7 Å². The van der Waals surface area contributed by atoms with Crippen molar-refractivity contribution in [3.63, 3.8) is 0 Å². The maximum atomic E-state index is 13.5. The maximum absolute atomic E-state index is 13.5. The number of fused-ring (bicyclic) bond motifs is 1. The molecular weight excluding hydrogens is 411 g/mol. The number of methoxy groups -OCH3 is 1. The molecule has 2 fully saturated rings. The molecule has 7 atom stereocenters. The SMILES string of the molecule is COCCNC(=O)C(C)C1CCC2(C)CCC(NC(=O)c3cccc(F)c3)C(C)C2C1O. The van der Waals surface area contributed by atoms with Gasteiger partial charge >= 0.3 is 0 Å². The average molecular weight is 449 g/mol. The van der Waals surface area contributed by atoms with Gasteiger partial charge in [-0.1, -0.05) is 26.8 Å². The number of rotatable bonds is 7. The average Bonchev–Trinajstić information content (AvgIpc) is 2.75. The van der Waals surface area contributed by atoms with Crippen molar-refractivity contribution in [3.05, 3.63) is 35.6 Å². The molecule has 0 heterocycles. The molecular formula is C25H37FN2O4. The highest BCUT2D eigenvalue weighted by Crippen LogP contribution is 2.55. The number of nitrogens with one attached hydrogen (secondary N) is 2. The van der Waals surface area contributed by atoms with E-state index in [1.807, 2.05) is 6.92 Å². The molecule has 32 heavy (non-hydrogen) atoms. The highest BCUT2D eigenvalue weighted by atomic mass is 19.1. The summed E-state index contributed by atoms with van der Waals surface area (Å²) in [6, 6.07) is 5.58. The van der Waals surface area contributed by atoms with Gasteiger partial charge in [0.1, 0.15) is 5.82 Å². The molecule has 0 spiro atoms. The van der Waals surface area contributed by atoms with Gasteiger partial charge in [-0.2, -0.15) is 0 Å². The molecule has 0 aliphatic heterocycles. The summed E-state index contributed by atoms with van der Waals surface area (Å²) in [6.45, 7) is 7.09. The van der Waals surface area contributed by atoms with Crippen molar-refractivity contribution in [3.8, 4) is 0 Å². The summed E-state index contributed by atoms with van der Waals surface area (Å²) in [7, 11) is 1.59. The van der Waals surface area contributed by atoms with Crippen molar-refractivity contribution < 1.29 is 23.8 Å². The minimum atomic E-state index is -0.624. The first-order valence-corrected chi connectivity index (χ1v) is 11.7. The van der Waals surface area contributed by atoms with E-state index in [0.717, 1.165) is 25.7 Å². The largest absolute Gasteiger partial charge is 0.392 e. The van der Waals surface area contributed by atoms with E-state index in [1.54, 1.807) is 13.2 Å². The molecule has 2 saturated carbocycles. The summed E-state index contributed by atoms with van der Waals surface area (Å²) in [5.74, 6) is -1.22. The molecule has 6 nitrogen and oxygen atoms in total. The van der Waals surface area contributed by atoms with E-state index in [-0.39, 0.29) is 46.9 Å². The smallest absolute Gasteiger partial charge is 0.251 e. The minimum absolute atomic E-state index is 0.0259. The van der Waals surface area contributed by atoms with Crippen molar-refractivity contribution >= 4 is 11.8 Å². The lowest BCUT2D eigenvalue weighted by Crippen LogP contribution is -2.58. The highest BCUT2D eigenvalue weighted by molar-refractivity contribution is 5.94. The van der Waals surface area contributed by atoms with Crippen LogP contribution in [0.5, 0.6) is 0 Å². The fraction of sp³-hybridized carbons (Fsp3) is 0.680. The first kappa shape index (κ1) is 24.6. The molecule has 0 radical (unpaired) electrons. The zero-order chi connectivity index (χ0) is 23.5. The van der Waals surface area contributed by atoms with Crippen molar-refractivity contribution in [2.45, 2.75) is 58.6 Å². The van der Waals surface area contributed by atoms with Gasteiger partial charge < -0.3 is 20.5 Å². The Balaban J connectivity index is 1.70. The van der Waals surface area contributed by atoms with Crippen LogP contribution in [0.4, 0.5) is 4.39 Å². The number of hydrogen-bond donors (Lipinski definition) is 3. The summed E-state index contributed by atoms with van der Waals surface area (Å²) < 4.78 is 18.5. The van der Waals surface area contributed by atoms with Gasteiger partial charge in [-0.15, -0.1) is 0 Å². The van der Waals surface area contributed by atoms with Crippen molar-refractivity contribution in [2.24, 2.45) is 29.1 Å². The minimum Gasteiger partial charge on any atom is -0.392 e. The molecule has 3 rings (SSSR count). The third-order valence-corrected chi connectivity index (χ3v) is 7.95. The number of amides is 2. The maximum Gasteiger partial charge on any atom is 0.251 e. The van der Waals surface area contributed by atoms with E-state index in [2.05, 4.69) is 24.5 Å². The molecule has 7 unspecified atom stereocenters. The summed E-state index contributed by atoms with van der Waals surface area (Å²) >= 11 is 0. The predicted molar refractivity (Wildman–Crippen MR) is 120 cm³/mol. The Kier molecular flexibility index (Phi) is 7.93. The number of halogens is 1. The zero-order valence-corrected chi connectivity index (χ0v) is 19.6. The Morgan fingerprint density at radius 1 is 1.31 bits per heavy atom. The first-order chi connectivity index (χ1) is 15.2. The third kappa shape index (κ3) is 5.15. The molecule has 178 valence electrons. The van der Waals surface area contributed by atoms with Gasteiger partial charge in [0.05, 0.1) is 12.7 Å². The Morgan fingerprint density at radius 3 is 2.72 bits per heavy atom. The predicted octanol–water partition coefficient (Wildman–Crippen LogP) is 3.15. The van der Waals surface area contributed by atoms with Crippen LogP contribution >= 0.6 is 0 Å². The van der Waals surface area contributed by atoms with Gasteiger partial charge in [-0.05, 0) is 67.1 Å². The molecule has 0 aromatic heterocycles. The lowest BCUT2D eigenvalue weighted by molar-refractivity contribution is -0.142. The van der Waals surface area contributed by atoms with Crippen LogP contribution in [0.15, 0.2) is 24.3 Å². The van der Waals surface area contributed by atoms with E-state index in [9.17, 15) is 19.1 Å². The molecule has 2 amide bonds. The van der Waals surface area contributed by atoms with Crippen molar-refractivity contribution in [2.75, 3.05) is 20.3 Å². The molecule has 3 N–H and O–H groups in total. The fourth-order valence-corrected chi connectivity index (χ4v) is 6.01. The number of aliphatic hydroxyl groups is 1. The Bertz CT molecular complexity index is 819. The van der Waals surface area contributed by atoms with Crippen LogP contribution < -0.4 is 10.6 Å². The summed E-state index contributed by atoms with van der Waals surface area (Å²) in [5.41, 5.74) is 0.274. The van der Waals surface area contributed by atoms with E-state index >= 15 is 0 Å². The van der Waals surface area contributed by atoms with E-state index in [1.165, 1.54) is 18.2 Å².